The minimum atomic E-state index is 0. The van der Waals surface area contributed by atoms with E-state index in [1.807, 2.05) is 6.92 Å². The van der Waals surface area contributed by atoms with Crippen molar-refractivity contribution in [2.24, 2.45) is 0 Å². The smallest absolute Gasteiger partial charge is 0.0195 e. The van der Waals surface area contributed by atoms with E-state index in [0.717, 1.165) is 5.88 Å². The fourth-order valence-electron chi connectivity index (χ4n) is 0. The molecule has 0 bridgehead atoms. The molecule has 0 amide bonds. The van der Waals surface area contributed by atoms with Crippen molar-refractivity contribution in [3.05, 3.63) is 0 Å². The second-order valence-electron chi connectivity index (χ2n) is 0.267. The van der Waals surface area contributed by atoms with Crippen molar-refractivity contribution in [1.82, 2.24) is 0 Å². The Morgan fingerprint density at radius 3 is 1.75 bits per heavy atom. The largest absolute Gasteiger partial charge is 0.127 e. The summed E-state index contributed by atoms with van der Waals surface area (Å²) in [6, 6.07) is 0. The van der Waals surface area contributed by atoms with Crippen LogP contribution in [0.15, 0.2) is 0 Å². The molecule has 0 saturated heterocycles. The molecule has 0 aliphatic rings. The highest BCUT2D eigenvalue weighted by Crippen LogP contribution is 1.59. The number of alkyl halides is 1. The minimum Gasteiger partial charge on any atom is -0.127 e. The van der Waals surface area contributed by atoms with Crippen LogP contribution in [-0.4, -0.2) is 16.8 Å². The lowest BCUT2D eigenvalue weighted by atomic mass is 11.0. The Labute approximate surface area is 36.2 Å². The second kappa shape index (κ2) is 9.71. The highest BCUT2D eigenvalue weighted by Gasteiger charge is 1.38. The SMILES string of the molecule is CCCl.[Si]. The fourth-order valence-corrected chi connectivity index (χ4v) is 0. The number of rotatable bonds is 0. The summed E-state index contributed by atoms with van der Waals surface area (Å²) in [6.07, 6.45) is 0. The molecule has 4 radical (unpaired) electrons. The summed E-state index contributed by atoms with van der Waals surface area (Å²) in [5, 5.41) is 0. The molecule has 0 aliphatic heterocycles. The molecular formula is C2H5ClSi. The molecule has 0 N–H and O–H groups in total. The summed E-state index contributed by atoms with van der Waals surface area (Å²) in [4.78, 5) is 0. The Balaban J connectivity index is 0. The van der Waals surface area contributed by atoms with Crippen LogP contribution in [0.5, 0.6) is 0 Å². The standard InChI is InChI=1S/C2H5Cl.Si/c1-2-3;/h2H2,1H3;. The van der Waals surface area contributed by atoms with Crippen LogP contribution in [-0.2, 0) is 0 Å². The van der Waals surface area contributed by atoms with E-state index in [1.54, 1.807) is 0 Å². The average molecular weight is 92.6 g/mol. The maximum Gasteiger partial charge on any atom is 0.0195 e. The Bertz CT molecular complexity index is 6.00. The van der Waals surface area contributed by atoms with E-state index < -0.39 is 0 Å². The molecule has 0 heterocycles. The van der Waals surface area contributed by atoms with E-state index in [9.17, 15) is 0 Å². The van der Waals surface area contributed by atoms with Crippen LogP contribution in [0.3, 0.4) is 0 Å². The van der Waals surface area contributed by atoms with Crippen molar-refractivity contribution >= 4 is 22.6 Å². The molecule has 0 saturated carbocycles. The van der Waals surface area contributed by atoms with Gasteiger partial charge in [0.1, 0.15) is 0 Å². The van der Waals surface area contributed by atoms with E-state index in [-0.39, 0.29) is 11.0 Å². The van der Waals surface area contributed by atoms with E-state index in [1.165, 1.54) is 0 Å². The normalized spacial score (nSPS) is 4.50. The van der Waals surface area contributed by atoms with Gasteiger partial charge in [0, 0.05) is 16.8 Å². The number of hydrogen-bond donors (Lipinski definition) is 0. The van der Waals surface area contributed by atoms with Gasteiger partial charge in [-0.05, 0) is 0 Å². The Hall–Kier alpha value is 0.507. The van der Waals surface area contributed by atoms with Gasteiger partial charge in [-0.3, -0.25) is 0 Å². The molecule has 0 aromatic carbocycles. The Kier molecular flexibility index (Phi) is 21.4. The van der Waals surface area contributed by atoms with Gasteiger partial charge in [0.05, 0.1) is 0 Å². The highest BCUT2D eigenvalue weighted by atomic mass is 35.5. The van der Waals surface area contributed by atoms with E-state index >= 15 is 0 Å². The summed E-state index contributed by atoms with van der Waals surface area (Å²) < 4.78 is 0. The fraction of sp³-hybridized carbons (Fsp3) is 1.00. The topological polar surface area (TPSA) is 0 Å². The van der Waals surface area contributed by atoms with Gasteiger partial charge in [-0.15, -0.1) is 11.6 Å². The minimum absolute atomic E-state index is 0. The van der Waals surface area contributed by atoms with Gasteiger partial charge in [0.15, 0.2) is 0 Å². The zero-order valence-electron chi connectivity index (χ0n) is 2.59. The van der Waals surface area contributed by atoms with Crippen molar-refractivity contribution in [2.45, 2.75) is 6.92 Å². The summed E-state index contributed by atoms with van der Waals surface area (Å²) >= 11 is 5.00. The predicted molar refractivity (Wildman–Crippen MR) is 22.1 cm³/mol. The molecule has 4 heavy (non-hydrogen) atoms. The number of hydrogen-bond acceptors (Lipinski definition) is 0. The third kappa shape index (κ3) is 22.2. The Morgan fingerprint density at radius 2 is 1.75 bits per heavy atom. The highest BCUT2D eigenvalue weighted by molar-refractivity contribution is 6.17. The third-order valence-electron chi connectivity index (χ3n) is 0. The van der Waals surface area contributed by atoms with Crippen molar-refractivity contribution in [3.63, 3.8) is 0 Å². The molecular weight excluding hydrogens is 87.6 g/mol. The first kappa shape index (κ1) is 8.82. The zero-order valence-corrected chi connectivity index (χ0v) is 4.34. The van der Waals surface area contributed by atoms with Gasteiger partial charge in [-0.1, -0.05) is 6.92 Å². The quantitative estimate of drug-likeness (QED) is 0.307. The van der Waals surface area contributed by atoms with Crippen LogP contribution in [0.2, 0.25) is 0 Å². The van der Waals surface area contributed by atoms with E-state index in [4.69, 9.17) is 11.6 Å². The summed E-state index contributed by atoms with van der Waals surface area (Å²) in [5.74, 6) is 0.722. The summed E-state index contributed by atoms with van der Waals surface area (Å²) in [5.41, 5.74) is 0. The van der Waals surface area contributed by atoms with Gasteiger partial charge in [-0.25, -0.2) is 0 Å². The predicted octanol–water partition coefficient (Wildman–Crippen LogP) is 0.864. The lowest BCUT2D eigenvalue weighted by molar-refractivity contribution is 1.51. The molecule has 0 fully saturated rings. The van der Waals surface area contributed by atoms with Gasteiger partial charge in [0.25, 0.3) is 0 Å². The summed E-state index contributed by atoms with van der Waals surface area (Å²) in [6.45, 7) is 1.89. The lowest BCUT2D eigenvalue weighted by Crippen LogP contribution is -1.36. The van der Waals surface area contributed by atoms with Crippen LogP contribution < -0.4 is 0 Å². The third-order valence-corrected chi connectivity index (χ3v) is 0. The van der Waals surface area contributed by atoms with Crippen LogP contribution in [0.25, 0.3) is 0 Å². The monoisotopic (exact) mass is 92.0 g/mol. The van der Waals surface area contributed by atoms with Crippen molar-refractivity contribution in [2.75, 3.05) is 5.88 Å². The first-order valence-electron chi connectivity index (χ1n) is 0.974. The molecule has 0 aromatic heterocycles. The van der Waals surface area contributed by atoms with Gasteiger partial charge >= 0.3 is 0 Å². The zero-order chi connectivity index (χ0) is 2.71. The van der Waals surface area contributed by atoms with Crippen LogP contribution in [0.1, 0.15) is 6.92 Å². The molecule has 0 aliphatic carbocycles. The van der Waals surface area contributed by atoms with E-state index in [2.05, 4.69) is 0 Å². The number of halogens is 1. The average Bonchev–Trinajstić information content (AvgIpc) is 0.918. The van der Waals surface area contributed by atoms with Crippen molar-refractivity contribution < 1.29 is 0 Å². The first-order valence-corrected chi connectivity index (χ1v) is 1.51. The first-order chi connectivity index (χ1) is 1.41. The molecule has 0 nitrogen and oxygen atoms in total. The maximum atomic E-state index is 5.00. The van der Waals surface area contributed by atoms with Crippen LogP contribution >= 0.6 is 11.6 Å². The molecule has 0 atom stereocenters. The van der Waals surface area contributed by atoms with Crippen LogP contribution in [0.4, 0.5) is 0 Å². The molecule has 0 spiro atoms. The maximum absolute atomic E-state index is 5.00. The molecule has 0 rings (SSSR count). The van der Waals surface area contributed by atoms with Crippen molar-refractivity contribution in [3.8, 4) is 0 Å². The van der Waals surface area contributed by atoms with Gasteiger partial charge in [0.2, 0.25) is 0 Å². The van der Waals surface area contributed by atoms with Crippen LogP contribution in [0, 0.1) is 0 Å². The van der Waals surface area contributed by atoms with Gasteiger partial charge in [-0.2, -0.15) is 0 Å². The molecule has 0 aromatic rings. The molecule has 2 heteroatoms. The molecule has 24 valence electrons. The second-order valence-corrected chi connectivity index (χ2v) is 0.802. The summed E-state index contributed by atoms with van der Waals surface area (Å²) in [7, 11) is 0. The van der Waals surface area contributed by atoms with Crippen molar-refractivity contribution in [1.29, 1.82) is 0 Å². The molecule has 0 unspecified atom stereocenters. The van der Waals surface area contributed by atoms with Gasteiger partial charge < -0.3 is 0 Å². The Morgan fingerprint density at radius 1 is 1.75 bits per heavy atom. The lowest BCUT2D eigenvalue weighted by Gasteiger charge is -1.45. The van der Waals surface area contributed by atoms with E-state index in [0.29, 0.717) is 0 Å².